The first-order valence-corrected chi connectivity index (χ1v) is 7.36. The van der Waals surface area contributed by atoms with Gasteiger partial charge in [0.25, 0.3) is 0 Å². The molecule has 1 atom stereocenters. The molecule has 1 fully saturated rings. The van der Waals surface area contributed by atoms with Crippen LogP contribution >= 0.6 is 11.3 Å². The molecule has 96 valence electrons. The Morgan fingerprint density at radius 1 is 1.37 bits per heavy atom. The van der Waals surface area contributed by atoms with E-state index in [1.54, 1.807) is 11.3 Å². The molecule has 0 aliphatic carbocycles. The monoisotopic (exact) mass is 270 g/mol. The van der Waals surface area contributed by atoms with Gasteiger partial charge in [0.15, 0.2) is 0 Å². The molecule has 0 radical (unpaired) electrons. The van der Waals surface area contributed by atoms with E-state index in [1.807, 2.05) is 18.0 Å². The third-order valence-electron chi connectivity index (χ3n) is 3.74. The number of hydrogen-bond acceptors (Lipinski definition) is 4. The maximum Gasteiger partial charge on any atom is 0.0994 e. The Hall–Kier alpha value is -1.72. The summed E-state index contributed by atoms with van der Waals surface area (Å²) in [4.78, 5) is 8.66. The van der Waals surface area contributed by atoms with Crippen molar-refractivity contribution in [1.29, 1.82) is 0 Å². The molecule has 19 heavy (non-hydrogen) atoms. The maximum absolute atomic E-state index is 4.33. The average molecular weight is 270 g/mol. The van der Waals surface area contributed by atoms with E-state index >= 15 is 0 Å². The van der Waals surface area contributed by atoms with Crippen molar-refractivity contribution in [2.45, 2.75) is 12.3 Å². The van der Waals surface area contributed by atoms with Gasteiger partial charge in [-0.15, -0.1) is 11.3 Å². The lowest BCUT2D eigenvalue weighted by atomic mass is 10.1. The molecule has 0 saturated carbocycles. The predicted molar refractivity (Wildman–Crippen MR) is 77.0 cm³/mol. The van der Waals surface area contributed by atoms with Crippen LogP contribution in [-0.2, 0) is 0 Å². The van der Waals surface area contributed by atoms with Gasteiger partial charge in [-0.1, -0.05) is 0 Å². The largest absolute Gasteiger partial charge is 0.316 e. The van der Waals surface area contributed by atoms with Crippen molar-refractivity contribution in [3.05, 3.63) is 41.9 Å². The van der Waals surface area contributed by atoms with Gasteiger partial charge in [-0.3, -0.25) is 0 Å². The lowest BCUT2D eigenvalue weighted by molar-refractivity contribution is 0.714. The number of nitrogens with zero attached hydrogens (tertiary/aromatic N) is 3. The Bertz CT molecular complexity index is 709. The van der Waals surface area contributed by atoms with Gasteiger partial charge in [0.1, 0.15) is 0 Å². The van der Waals surface area contributed by atoms with Crippen LogP contribution in [0, 0.1) is 0 Å². The van der Waals surface area contributed by atoms with Gasteiger partial charge >= 0.3 is 0 Å². The zero-order chi connectivity index (χ0) is 12.7. The Labute approximate surface area is 115 Å². The van der Waals surface area contributed by atoms with Crippen LogP contribution in [0.5, 0.6) is 0 Å². The van der Waals surface area contributed by atoms with E-state index in [9.17, 15) is 0 Å². The Morgan fingerprint density at radius 3 is 3.26 bits per heavy atom. The van der Waals surface area contributed by atoms with Gasteiger partial charge in [0.2, 0.25) is 0 Å². The summed E-state index contributed by atoms with van der Waals surface area (Å²) < 4.78 is 3.43. The van der Waals surface area contributed by atoms with E-state index in [1.165, 1.54) is 22.5 Å². The van der Waals surface area contributed by atoms with Gasteiger partial charge in [0, 0.05) is 30.0 Å². The molecule has 2 aromatic heterocycles. The van der Waals surface area contributed by atoms with Crippen LogP contribution in [0.25, 0.3) is 15.9 Å². The fourth-order valence-corrected chi connectivity index (χ4v) is 3.43. The minimum absolute atomic E-state index is 0.569. The van der Waals surface area contributed by atoms with Gasteiger partial charge in [-0.2, -0.15) is 0 Å². The molecular formula is C14H14N4S. The molecular weight excluding hydrogens is 256 g/mol. The van der Waals surface area contributed by atoms with Gasteiger partial charge in [-0.05, 0) is 31.2 Å². The van der Waals surface area contributed by atoms with Crippen LogP contribution in [0.1, 0.15) is 18.0 Å². The first-order valence-electron chi connectivity index (χ1n) is 6.48. The minimum Gasteiger partial charge on any atom is -0.316 e. The summed E-state index contributed by atoms with van der Waals surface area (Å²) in [6.45, 7) is 2.15. The fraction of sp³-hybridized carbons (Fsp3) is 0.286. The lowest BCUT2D eigenvalue weighted by Crippen LogP contribution is -2.10. The molecule has 1 saturated heterocycles. The second kappa shape index (κ2) is 4.43. The zero-order valence-corrected chi connectivity index (χ0v) is 11.2. The Kier molecular flexibility index (Phi) is 2.60. The third-order valence-corrected chi connectivity index (χ3v) is 4.53. The van der Waals surface area contributed by atoms with E-state index in [4.69, 9.17) is 0 Å². The number of aromatic nitrogens is 3. The summed E-state index contributed by atoms with van der Waals surface area (Å²) in [6.07, 6.45) is 5.10. The highest BCUT2D eigenvalue weighted by atomic mass is 32.1. The standard InChI is InChI=1S/C14H14N4S/c1-2-12-14(19-9-17-12)5-11(1)18-8-16-7-13(18)10-3-4-15-6-10/h1-2,5,7-10,15H,3-4,6H2. The molecule has 4 rings (SSSR count). The average Bonchev–Trinajstić information content (AvgIpc) is 3.18. The molecule has 3 aromatic rings. The topological polar surface area (TPSA) is 42.7 Å². The highest BCUT2D eigenvalue weighted by Gasteiger charge is 2.20. The SMILES string of the molecule is c1nc2ccc(-n3cncc3C3CCNC3)cc2s1. The highest BCUT2D eigenvalue weighted by Crippen LogP contribution is 2.27. The molecule has 0 amide bonds. The molecule has 5 heteroatoms. The van der Waals surface area contributed by atoms with Gasteiger partial charge < -0.3 is 9.88 Å². The quantitative estimate of drug-likeness (QED) is 0.778. The first kappa shape index (κ1) is 11.1. The maximum atomic E-state index is 4.33. The number of benzene rings is 1. The lowest BCUT2D eigenvalue weighted by Gasteiger charge is -2.12. The summed E-state index contributed by atoms with van der Waals surface area (Å²) in [5, 5.41) is 3.42. The molecule has 1 aliphatic rings. The molecule has 0 spiro atoms. The highest BCUT2D eigenvalue weighted by molar-refractivity contribution is 7.16. The number of fused-ring (bicyclic) bond motifs is 1. The number of nitrogens with one attached hydrogen (secondary N) is 1. The van der Waals surface area contributed by atoms with Crippen LogP contribution < -0.4 is 5.32 Å². The van der Waals surface area contributed by atoms with Crippen molar-refractivity contribution in [2.24, 2.45) is 0 Å². The van der Waals surface area contributed by atoms with Crippen molar-refractivity contribution < 1.29 is 0 Å². The van der Waals surface area contributed by atoms with E-state index in [0.717, 1.165) is 18.6 Å². The van der Waals surface area contributed by atoms with Crippen LogP contribution in [-0.4, -0.2) is 27.6 Å². The third kappa shape index (κ3) is 1.86. The number of imidazole rings is 1. The molecule has 4 nitrogen and oxygen atoms in total. The van der Waals surface area contributed by atoms with Crippen molar-refractivity contribution >= 4 is 21.6 Å². The zero-order valence-electron chi connectivity index (χ0n) is 10.4. The molecule has 1 aromatic carbocycles. The van der Waals surface area contributed by atoms with E-state index < -0.39 is 0 Å². The summed E-state index contributed by atoms with van der Waals surface area (Å²) in [5.74, 6) is 0.569. The fourth-order valence-electron chi connectivity index (χ4n) is 2.72. The molecule has 0 bridgehead atoms. The molecule has 1 N–H and O–H groups in total. The smallest absolute Gasteiger partial charge is 0.0994 e. The predicted octanol–water partition coefficient (Wildman–Crippen LogP) is 2.56. The molecule has 1 aliphatic heterocycles. The second-order valence-electron chi connectivity index (χ2n) is 4.88. The van der Waals surface area contributed by atoms with Crippen LogP contribution in [0.2, 0.25) is 0 Å². The van der Waals surface area contributed by atoms with Crippen molar-refractivity contribution in [3.8, 4) is 5.69 Å². The van der Waals surface area contributed by atoms with E-state index in [-0.39, 0.29) is 0 Å². The van der Waals surface area contributed by atoms with Crippen molar-refractivity contribution in [1.82, 2.24) is 19.9 Å². The summed E-state index contributed by atoms with van der Waals surface area (Å²) in [7, 11) is 0. The first-order chi connectivity index (χ1) is 9.42. The number of hydrogen-bond donors (Lipinski definition) is 1. The molecule has 1 unspecified atom stereocenters. The summed E-state index contributed by atoms with van der Waals surface area (Å²) in [6, 6.07) is 6.40. The Morgan fingerprint density at radius 2 is 2.37 bits per heavy atom. The van der Waals surface area contributed by atoms with Gasteiger partial charge in [-0.25, -0.2) is 9.97 Å². The van der Waals surface area contributed by atoms with Gasteiger partial charge in [0.05, 0.1) is 22.1 Å². The molecule has 3 heterocycles. The van der Waals surface area contributed by atoms with E-state index in [2.05, 4.69) is 38.1 Å². The summed E-state index contributed by atoms with van der Waals surface area (Å²) in [5.41, 5.74) is 5.44. The number of thiazole rings is 1. The second-order valence-corrected chi connectivity index (χ2v) is 5.77. The van der Waals surface area contributed by atoms with Crippen molar-refractivity contribution in [3.63, 3.8) is 0 Å². The van der Waals surface area contributed by atoms with Crippen molar-refractivity contribution in [2.75, 3.05) is 13.1 Å². The Balaban J connectivity index is 1.80. The van der Waals surface area contributed by atoms with Crippen LogP contribution in [0.15, 0.2) is 36.2 Å². The normalized spacial score (nSPS) is 19.3. The minimum atomic E-state index is 0.569. The van der Waals surface area contributed by atoms with E-state index in [0.29, 0.717) is 5.92 Å². The summed E-state index contributed by atoms with van der Waals surface area (Å²) >= 11 is 1.68. The van der Waals surface area contributed by atoms with Crippen LogP contribution in [0.4, 0.5) is 0 Å². The van der Waals surface area contributed by atoms with Crippen LogP contribution in [0.3, 0.4) is 0 Å². The number of rotatable bonds is 2.